The number of hydrogen-bond acceptors (Lipinski definition) is 2. The lowest BCUT2D eigenvalue weighted by atomic mass is 9.98. The smallest absolute Gasteiger partial charge is 0.279 e. The van der Waals surface area contributed by atoms with Crippen LogP contribution < -0.4 is 5.43 Å². The zero-order chi connectivity index (χ0) is 21.1. The largest absolute Gasteiger partial charge is 0.416 e. The minimum Gasteiger partial charge on any atom is -0.279 e. The fraction of sp³-hybridized carbons (Fsp3) is 0.0952. The lowest BCUT2D eigenvalue weighted by Gasteiger charge is -2.14. The number of para-hydroxylation sites is 1. The monoisotopic (exact) mass is 408 g/mol. The first-order valence-electron chi connectivity index (χ1n) is 8.37. The molecule has 0 aliphatic carbocycles. The molecule has 0 radical (unpaired) electrons. The quantitative estimate of drug-likeness (QED) is 0.285. The second kappa shape index (κ2) is 7.98. The van der Waals surface area contributed by atoms with Gasteiger partial charge in [-0.15, -0.1) is 0 Å². The Kier molecular flexibility index (Phi) is 5.63. The summed E-state index contributed by atoms with van der Waals surface area (Å²) in [4.78, 5) is 0. The molecule has 1 N–H and O–H groups in total. The van der Waals surface area contributed by atoms with Crippen LogP contribution in [0.5, 0.6) is 0 Å². The number of halogens is 6. The van der Waals surface area contributed by atoms with Crippen LogP contribution in [0.2, 0.25) is 0 Å². The summed E-state index contributed by atoms with van der Waals surface area (Å²) in [6.07, 6.45) is -8.28. The molecule has 0 unspecified atom stereocenters. The average Bonchev–Trinajstić information content (AvgIpc) is 2.68. The summed E-state index contributed by atoms with van der Waals surface area (Å²) in [5.74, 6) is 0. The van der Waals surface area contributed by atoms with Crippen molar-refractivity contribution < 1.29 is 26.3 Å². The van der Waals surface area contributed by atoms with Gasteiger partial charge in [0.25, 0.3) is 0 Å². The van der Waals surface area contributed by atoms with Gasteiger partial charge in [0.15, 0.2) is 0 Å². The van der Waals surface area contributed by atoms with Crippen LogP contribution in [0.3, 0.4) is 0 Å². The highest BCUT2D eigenvalue weighted by atomic mass is 19.4. The molecule has 3 rings (SSSR count). The molecule has 3 aromatic rings. The first-order valence-corrected chi connectivity index (χ1v) is 8.37. The Labute approximate surface area is 162 Å². The number of nitrogens with one attached hydrogen (secondary N) is 1. The molecular weight excluding hydrogens is 394 g/mol. The van der Waals surface area contributed by atoms with E-state index in [0.29, 0.717) is 17.7 Å². The fourth-order valence-corrected chi connectivity index (χ4v) is 2.58. The van der Waals surface area contributed by atoms with E-state index in [-0.39, 0.29) is 17.2 Å². The van der Waals surface area contributed by atoms with E-state index in [1.165, 1.54) is 18.3 Å². The van der Waals surface area contributed by atoms with Crippen molar-refractivity contribution in [2.24, 2.45) is 5.10 Å². The number of hydrazone groups is 1. The molecule has 2 nitrogen and oxygen atoms in total. The van der Waals surface area contributed by atoms with Crippen molar-refractivity contribution in [3.05, 3.63) is 89.5 Å². The fourth-order valence-electron chi connectivity index (χ4n) is 2.58. The highest BCUT2D eigenvalue weighted by Gasteiger charge is 2.36. The maximum atomic E-state index is 13.0. The van der Waals surface area contributed by atoms with Crippen LogP contribution in [0.15, 0.2) is 77.9 Å². The Morgan fingerprint density at radius 1 is 0.655 bits per heavy atom. The van der Waals surface area contributed by atoms with Crippen LogP contribution in [0.1, 0.15) is 16.7 Å². The first-order chi connectivity index (χ1) is 13.6. The molecule has 0 fully saturated rings. The third kappa shape index (κ3) is 5.37. The van der Waals surface area contributed by atoms with Crippen LogP contribution in [0, 0.1) is 0 Å². The number of nitrogens with zero attached hydrogens (tertiary/aromatic N) is 1. The maximum Gasteiger partial charge on any atom is 0.416 e. The molecule has 29 heavy (non-hydrogen) atoms. The number of anilines is 1. The summed E-state index contributed by atoms with van der Waals surface area (Å²) in [5, 5.41) is 4.03. The van der Waals surface area contributed by atoms with Gasteiger partial charge >= 0.3 is 12.4 Å². The van der Waals surface area contributed by atoms with E-state index in [1.807, 2.05) is 30.3 Å². The molecule has 8 heteroatoms. The van der Waals surface area contributed by atoms with E-state index in [9.17, 15) is 26.3 Å². The Morgan fingerprint density at radius 3 is 1.72 bits per heavy atom. The van der Waals surface area contributed by atoms with Crippen molar-refractivity contribution in [1.82, 2.24) is 0 Å². The Bertz CT molecular complexity index is 958. The molecule has 0 aliphatic heterocycles. The molecule has 0 aromatic heterocycles. The Hall–Kier alpha value is -3.29. The molecule has 0 saturated carbocycles. The summed E-state index contributed by atoms with van der Waals surface area (Å²) in [5.41, 5.74) is 1.57. The summed E-state index contributed by atoms with van der Waals surface area (Å²) >= 11 is 0. The van der Waals surface area contributed by atoms with Crippen molar-refractivity contribution in [2.45, 2.75) is 12.4 Å². The van der Waals surface area contributed by atoms with Gasteiger partial charge < -0.3 is 0 Å². The van der Waals surface area contributed by atoms with Crippen LogP contribution in [0.4, 0.5) is 32.0 Å². The van der Waals surface area contributed by atoms with E-state index < -0.39 is 23.5 Å². The van der Waals surface area contributed by atoms with Crippen LogP contribution >= 0.6 is 0 Å². The number of rotatable bonds is 4. The topological polar surface area (TPSA) is 24.4 Å². The lowest BCUT2D eigenvalue weighted by Crippen LogP contribution is -2.11. The standard InChI is InChI=1S/C21H14F6N2/c22-20(23,24)17-10-16(11-18(12-17)21(25,26)27)15-8-6-14(7-9-15)13-28-29-19-4-2-1-3-5-19/h1-13,29H. The van der Waals surface area contributed by atoms with Crippen LogP contribution in [0.25, 0.3) is 11.1 Å². The van der Waals surface area contributed by atoms with Gasteiger partial charge in [-0.25, -0.2) is 0 Å². The highest BCUT2D eigenvalue weighted by molar-refractivity contribution is 5.81. The van der Waals surface area contributed by atoms with E-state index in [1.54, 1.807) is 12.1 Å². The van der Waals surface area contributed by atoms with Gasteiger partial charge in [0.1, 0.15) is 0 Å². The number of alkyl halides is 6. The molecule has 3 aromatic carbocycles. The third-order valence-corrected chi connectivity index (χ3v) is 4.01. The minimum absolute atomic E-state index is 0.111. The third-order valence-electron chi connectivity index (χ3n) is 4.01. The molecule has 0 heterocycles. The predicted molar refractivity (Wildman–Crippen MR) is 99.5 cm³/mol. The summed E-state index contributed by atoms with van der Waals surface area (Å²) in [7, 11) is 0. The zero-order valence-corrected chi connectivity index (χ0v) is 14.7. The van der Waals surface area contributed by atoms with Crippen molar-refractivity contribution in [3.63, 3.8) is 0 Å². The van der Waals surface area contributed by atoms with E-state index >= 15 is 0 Å². The van der Waals surface area contributed by atoms with Crippen LogP contribution in [-0.2, 0) is 12.4 Å². The molecular formula is C21H14F6N2. The van der Waals surface area contributed by atoms with Gasteiger partial charge in [-0.1, -0.05) is 42.5 Å². The van der Waals surface area contributed by atoms with E-state index in [2.05, 4.69) is 10.5 Å². The molecule has 0 saturated heterocycles. The molecule has 0 amide bonds. The normalized spacial score (nSPS) is 12.3. The SMILES string of the molecule is FC(F)(F)c1cc(-c2ccc(C=NNc3ccccc3)cc2)cc(C(F)(F)F)c1. The molecule has 0 spiro atoms. The van der Waals surface area contributed by atoms with Crippen molar-refractivity contribution >= 4 is 11.9 Å². The van der Waals surface area contributed by atoms with Gasteiger partial charge in [-0.3, -0.25) is 5.43 Å². The van der Waals surface area contributed by atoms with Crippen LogP contribution in [-0.4, -0.2) is 6.21 Å². The summed E-state index contributed by atoms with van der Waals surface area (Å²) < 4.78 is 78.0. The van der Waals surface area contributed by atoms with Crippen molar-refractivity contribution in [3.8, 4) is 11.1 Å². The van der Waals surface area contributed by atoms with Gasteiger partial charge in [-0.2, -0.15) is 31.4 Å². The molecule has 0 aliphatic rings. The predicted octanol–water partition coefficient (Wildman–Crippen LogP) is 6.84. The number of hydrogen-bond donors (Lipinski definition) is 1. The minimum atomic E-state index is -4.88. The van der Waals surface area contributed by atoms with E-state index in [0.717, 1.165) is 5.69 Å². The molecule has 150 valence electrons. The second-order valence-electron chi connectivity index (χ2n) is 6.15. The summed E-state index contributed by atoms with van der Waals surface area (Å²) in [6, 6.07) is 16.7. The Balaban J connectivity index is 1.85. The van der Waals surface area contributed by atoms with Gasteiger partial charge in [0.2, 0.25) is 0 Å². The molecule has 0 bridgehead atoms. The highest BCUT2D eigenvalue weighted by Crippen LogP contribution is 2.38. The van der Waals surface area contributed by atoms with E-state index in [4.69, 9.17) is 0 Å². The number of benzene rings is 3. The van der Waals surface area contributed by atoms with Crippen molar-refractivity contribution in [1.29, 1.82) is 0 Å². The maximum absolute atomic E-state index is 13.0. The van der Waals surface area contributed by atoms with Gasteiger partial charge in [-0.05, 0) is 47.0 Å². The lowest BCUT2D eigenvalue weighted by molar-refractivity contribution is -0.143. The Morgan fingerprint density at radius 2 is 1.21 bits per heavy atom. The average molecular weight is 408 g/mol. The van der Waals surface area contributed by atoms with Gasteiger partial charge in [0, 0.05) is 0 Å². The summed E-state index contributed by atoms with van der Waals surface area (Å²) in [6.45, 7) is 0. The zero-order valence-electron chi connectivity index (χ0n) is 14.7. The van der Waals surface area contributed by atoms with Crippen molar-refractivity contribution in [2.75, 3.05) is 5.43 Å². The second-order valence-corrected chi connectivity index (χ2v) is 6.15. The van der Waals surface area contributed by atoms with Gasteiger partial charge in [0.05, 0.1) is 23.0 Å². The first kappa shape index (κ1) is 20.4. The molecule has 0 atom stereocenters.